The molecule has 0 N–H and O–H groups in total. The van der Waals surface area contributed by atoms with Crippen LogP contribution in [0.2, 0.25) is 0 Å². The molecule has 0 aliphatic rings. The Morgan fingerprint density at radius 1 is 1.53 bits per heavy atom. The summed E-state index contributed by atoms with van der Waals surface area (Å²) in [6, 6.07) is 6.68. The van der Waals surface area contributed by atoms with Gasteiger partial charge in [0.05, 0.1) is 11.5 Å². The van der Waals surface area contributed by atoms with E-state index in [0.717, 1.165) is 0 Å². The van der Waals surface area contributed by atoms with Gasteiger partial charge >= 0.3 is 0 Å². The SMILES string of the molecule is C#CCN(C)Cc1ccccc1[N+](=O)[O-]. The zero-order chi connectivity index (χ0) is 11.3. The number of hydrogen-bond donors (Lipinski definition) is 0. The lowest BCUT2D eigenvalue weighted by Crippen LogP contribution is -2.18. The Hall–Kier alpha value is -1.86. The molecule has 4 nitrogen and oxygen atoms in total. The van der Waals surface area contributed by atoms with Gasteiger partial charge in [0, 0.05) is 18.2 Å². The average Bonchev–Trinajstić information content (AvgIpc) is 2.18. The molecule has 4 heteroatoms. The minimum Gasteiger partial charge on any atom is -0.291 e. The molecule has 0 bridgehead atoms. The van der Waals surface area contributed by atoms with E-state index in [1.54, 1.807) is 18.2 Å². The molecule has 0 atom stereocenters. The number of nitrogens with zero attached hydrogens (tertiary/aromatic N) is 2. The van der Waals surface area contributed by atoms with Gasteiger partial charge in [-0.25, -0.2) is 0 Å². The van der Waals surface area contributed by atoms with Crippen molar-refractivity contribution in [1.82, 2.24) is 4.90 Å². The standard InChI is InChI=1S/C11H12N2O2/c1-3-8-12(2)9-10-6-4-5-7-11(10)13(14)15/h1,4-7H,8-9H2,2H3. The van der Waals surface area contributed by atoms with Gasteiger partial charge in [-0.3, -0.25) is 15.0 Å². The first-order valence-electron chi connectivity index (χ1n) is 4.49. The molecule has 15 heavy (non-hydrogen) atoms. The van der Waals surface area contributed by atoms with Crippen molar-refractivity contribution in [3.05, 3.63) is 39.9 Å². The van der Waals surface area contributed by atoms with E-state index < -0.39 is 0 Å². The fourth-order valence-corrected chi connectivity index (χ4v) is 1.33. The molecule has 0 saturated heterocycles. The smallest absolute Gasteiger partial charge is 0.273 e. The second kappa shape index (κ2) is 5.13. The Labute approximate surface area is 88.7 Å². The first-order valence-corrected chi connectivity index (χ1v) is 4.49. The van der Waals surface area contributed by atoms with Crippen LogP contribution < -0.4 is 0 Å². The molecule has 0 amide bonds. The number of benzene rings is 1. The quantitative estimate of drug-likeness (QED) is 0.425. The molecule has 0 unspecified atom stereocenters. The Morgan fingerprint density at radius 2 is 2.20 bits per heavy atom. The van der Waals surface area contributed by atoms with Gasteiger partial charge in [0.1, 0.15) is 0 Å². The van der Waals surface area contributed by atoms with Crippen molar-refractivity contribution in [1.29, 1.82) is 0 Å². The normalized spacial score (nSPS) is 9.93. The van der Waals surface area contributed by atoms with Crippen molar-refractivity contribution in [2.24, 2.45) is 0 Å². The van der Waals surface area contributed by atoms with E-state index >= 15 is 0 Å². The van der Waals surface area contributed by atoms with Crippen LogP contribution in [-0.2, 0) is 6.54 Å². The lowest BCUT2D eigenvalue weighted by molar-refractivity contribution is -0.385. The fraction of sp³-hybridized carbons (Fsp3) is 0.273. The summed E-state index contributed by atoms with van der Waals surface area (Å²) in [5.74, 6) is 2.49. The topological polar surface area (TPSA) is 46.4 Å². The van der Waals surface area contributed by atoms with Crippen LogP contribution in [0.25, 0.3) is 0 Å². The number of rotatable bonds is 4. The molecular formula is C11H12N2O2. The Morgan fingerprint density at radius 3 is 2.80 bits per heavy atom. The van der Waals surface area contributed by atoms with Crippen LogP contribution in [0.15, 0.2) is 24.3 Å². The third kappa shape index (κ3) is 3.08. The minimum absolute atomic E-state index is 0.140. The summed E-state index contributed by atoms with van der Waals surface area (Å²) in [6.07, 6.45) is 5.16. The van der Waals surface area contributed by atoms with Crippen molar-refractivity contribution in [3.8, 4) is 12.3 Å². The first kappa shape index (κ1) is 11.2. The van der Waals surface area contributed by atoms with Crippen LogP contribution in [0.5, 0.6) is 0 Å². The van der Waals surface area contributed by atoms with Crippen LogP contribution in [0.1, 0.15) is 5.56 Å². The minimum atomic E-state index is -0.376. The molecular weight excluding hydrogens is 192 g/mol. The zero-order valence-electron chi connectivity index (χ0n) is 8.51. The van der Waals surface area contributed by atoms with Crippen molar-refractivity contribution >= 4 is 5.69 Å². The van der Waals surface area contributed by atoms with Gasteiger partial charge in [-0.1, -0.05) is 24.1 Å². The summed E-state index contributed by atoms with van der Waals surface area (Å²) in [6.45, 7) is 0.966. The van der Waals surface area contributed by atoms with E-state index in [-0.39, 0.29) is 10.6 Å². The zero-order valence-corrected chi connectivity index (χ0v) is 8.51. The predicted molar refractivity (Wildman–Crippen MR) is 58.3 cm³/mol. The molecule has 0 fully saturated rings. The highest BCUT2D eigenvalue weighted by molar-refractivity contribution is 5.39. The predicted octanol–water partition coefficient (Wildman–Crippen LogP) is 1.66. The molecule has 0 saturated carbocycles. The monoisotopic (exact) mass is 204 g/mol. The number of hydrogen-bond acceptors (Lipinski definition) is 3. The summed E-state index contributed by atoms with van der Waals surface area (Å²) in [7, 11) is 1.83. The molecule has 78 valence electrons. The number of para-hydroxylation sites is 1. The maximum atomic E-state index is 10.7. The van der Waals surface area contributed by atoms with Gasteiger partial charge in [-0.15, -0.1) is 6.42 Å². The number of terminal acetylenes is 1. The van der Waals surface area contributed by atoms with Crippen LogP contribution >= 0.6 is 0 Å². The molecule has 1 rings (SSSR count). The largest absolute Gasteiger partial charge is 0.291 e. The highest BCUT2D eigenvalue weighted by atomic mass is 16.6. The first-order chi connectivity index (χ1) is 7.15. The summed E-state index contributed by atoms with van der Waals surface area (Å²) in [5, 5.41) is 10.7. The van der Waals surface area contributed by atoms with E-state index in [0.29, 0.717) is 18.7 Å². The third-order valence-electron chi connectivity index (χ3n) is 1.99. The van der Waals surface area contributed by atoms with Crippen LogP contribution in [0.3, 0.4) is 0 Å². The van der Waals surface area contributed by atoms with Crippen LogP contribution in [0, 0.1) is 22.5 Å². The second-order valence-electron chi connectivity index (χ2n) is 3.26. The summed E-state index contributed by atoms with van der Waals surface area (Å²) in [5.41, 5.74) is 0.821. The third-order valence-corrected chi connectivity index (χ3v) is 1.99. The lowest BCUT2D eigenvalue weighted by atomic mass is 10.1. The van der Waals surface area contributed by atoms with Crippen LogP contribution in [-0.4, -0.2) is 23.4 Å². The molecule has 0 aliphatic heterocycles. The highest BCUT2D eigenvalue weighted by Crippen LogP contribution is 2.18. The van der Waals surface area contributed by atoms with Gasteiger partial charge in [0.25, 0.3) is 5.69 Å². The molecule has 0 heterocycles. The Bertz CT molecular complexity index is 396. The number of nitro benzene ring substituents is 1. The molecule has 1 aromatic carbocycles. The van der Waals surface area contributed by atoms with E-state index in [1.165, 1.54) is 6.07 Å². The summed E-state index contributed by atoms with van der Waals surface area (Å²) >= 11 is 0. The molecule has 0 spiro atoms. The maximum Gasteiger partial charge on any atom is 0.273 e. The molecule has 0 aromatic heterocycles. The van der Waals surface area contributed by atoms with Gasteiger partial charge in [-0.05, 0) is 7.05 Å². The van der Waals surface area contributed by atoms with E-state index in [4.69, 9.17) is 6.42 Å². The fourth-order valence-electron chi connectivity index (χ4n) is 1.33. The Kier molecular flexibility index (Phi) is 3.83. The van der Waals surface area contributed by atoms with E-state index in [1.807, 2.05) is 11.9 Å². The maximum absolute atomic E-state index is 10.7. The second-order valence-corrected chi connectivity index (χ2v) is 3.26. The summed E-state index contributed by atoms with van der Waals surface area (Å²) in [4.78, 5) is 12.2. The van der Waals surface area contributed by atoms with E-state index in [2.05, 4.69) is 5.92 Å². The van der Waals surface area contributed by atoms with Gasteiger partial charge in [0.15, 0.2) is 0 Å². The van der Waals surface area contributed by atoms with Crippen molar-refractivity contribution in [3.63, 3.8) is 0 Å². The van der Waals surface area contributed by atoms with Gasteiger partial charge in [-0.2, -0.15) is 0 Å². The summed E-state index contributed by atoms with van der Waals surface area (Å²) < 4.78 is 0. The average molecular weight is 204 g/mol. The lowest BCUT2D eigenvalue weighted by Gasteiger charge is -2.12. The van der Waals surface area contributed by atoms with Gasteiger partial charge in [0.2, 0.25) is 0 Å². The molecule has 1 aromatic rings. The van der Waals surface area contributed by atoms with Gasteiger partial charge < -0.3 is 0 Å². The van der Waals surface area contributed by atoms with Crippen molar-refractivity contribution in [2.45, 2.75) is 6.54 Å². The van der Waals surface area contributed by atoms with E-state index in [9.17, 15) is 10.1 Å². The number of nitro groups is 1. The Balaban J connectivity index is 2.85. The van der Waals surface area contributed by atoms with Crippen molar-refractivity contribution in [2.75, 3.05) is 13.6 Å². The molecule has 0 aliphatic carbocycles. The van der Waals surface area contributed by atoms with Crippen LogP contribution in [0.4, 0.5) is 5.69 Å². The van der Waals surface area contributed by atoms with Crippen molar-refractivity contribution < 1.29 is 4.92 Å². The highest BCUT2D eigenvalue weighted by Gasteiger charge is 2.12. The molecule has 0 radical (unpaired) electrons.